The molecule has 35 heavy (non-hydrogen) atoms. The van der Waals surface area contributed by atoms with Crippen molar-refractivity contribution in [2.24, 2.45) is 28.6 Å². The molecule has 9 atom stereocenters. The number of carbonyl (C=O) groups excluding carboxylic acids is 3. The van der Waals surface area contributed by atoms with Crippen molar-refractivity contribution in [2.45, 2.75) is 75.3 Å². The molecule has 6 nitrogen and oxygen atoms in total. The summed E-state index contributed by atoms with van der Waals surface area (Å²) in [5.74, 6) is -4.67. The predicted octanol–water partition coefficient (Wildman–Crippen LogP) is 4.20. The lowest BCUT2D eigenvalue weighted by molar-refractivity contribution is -0.238. The third kappa shape index (κ3) is 3.31. The molecule has 0 unspecified atom stereocenters. The number of aliphatic hydroxyl groups excluding tert-OH is 1. The number of rotatable bonds is 4. The van der Waals surface area contributed by atoms with Gasteiger partial charge < -0.3 is 14.6 Å². The highest BCUT2D eigenvalue weighted by Crippen LogP contribution is 2.71. The minimum atomic E-state index is -2.32. The number of aliphatic hydroxyl groups is 1. The second kappa shape index (κ2) is 8.52. The molecule has 4 rings (SSSR count). The van der Waals surface area contributed by atoms with E-state index in [0.717, 1.165) is 6.08 Å². The predicted molar refractivity (Wildman–Crippen MR) is 124 cm³/mol. The lowest BCUT2D eigenvalue weighted by Crippen LogP contribution is -2.71. The van der Waals surface area contributed by atoms with Crippen molar-refractivity contribution in [3.8, 4) is 0 Å². The van der Waals surface area contributed by atoms with Crippen LogP contribution in [0.1, 0.15) is 47.0 Å². The van der Waals surface area contributed by atoms with E-state index in [2.05, 4.69) is 0 Å². The van der Waals surface area contributed by atoms with Crippen molar-refractivity contribution in [1.82, 2.24) is 0 Å². The Morgan fingerprint density at radius 3 is 2.51 bits per heavy atom. The van der Waals surface area contributed by atoms with Crippen LogP contribution in [-0.2, 0) is 23.9 Å². The zero-order chi connectivity index (χ0) is 26.1. The summed E-state index contributed by atoms with van der Waals surface area (Å²) < 4.78 is 43.9. The minimum absolute atomic E-state index is 0.00653. The largest absolute Gasteiger partial charge is 0.463 e. The molecule has 0 aromatic heterocycles. The van der Waals surface area contributed by atoms with Gasteiger partial charge in [0.1, 0.15) is 6.17 Å². The van der Waals surface area contributed by atoms with Crippen molar-refractivity contribution in [1.29, 1.82) is 0 Å². The highest BCUT2D eigenvalue weighted by molar-refractivity contribution is 6.53. The second-order valence-corrected chi connectivity index (χ2v) is 11.8. The molecular weight excluding hydrogens is 505 g/mol. The Bertz CT molecular complexity index is 1020. The number of fused-ring (bicyclic) bond motifs is 5. The van der Waals surface area contributed by atoms with Crippen LogP contribution in [0, 0.1) is 28.6 Å². The van der Waals surface area contributed by atoms with Gasteiger partial charge in [0, 0.05) is 22.7 Å². The van der Waals surface area contributed by atoms with Crippen LogP contribution in [0.15, 0.2) is 23.8 Å². The lowest BCUT2D eigenvalue weighted by atomic mass is 9.44. The maximum absolute atomic E-state index is 17.3. The molecule has 0 heterocycles. The molecule has 1 N–H and O–H groups in total. The van der Waals surface area contributed by atoms with Crippen LogP contribution < -0.4 is 0 Å². The van der Waals surface area contributed by atoms with Crippen LogP contribution >= 0.6 is 23.2 Å². The molecule has 0 saturated heterocycles. The van der Waals surface area contributed by atoms with Gasteiger partial charge >= 0.3 is 11.9 Å². The fourth-order valence-corrected chi connectivity index (χ4v) is 7.75. The quantitative estimate of drug-likeness (QED) is 0.429. The van der Waals surface area contributed by atoms with E-state index >= 15 is 8.78 Å². The maximum atomic E-state index is 17.3. The lowest BCUT2D eigenvalue weighted by Gasteiger charge is -2.63. The number of ether oxygens (including phenoxy) is 2. The van der Waals surface area contributed by atoms with Gasteiger partial charge in [0.25, 0.3) is 0 Å². The number of halogens is 4. The van der Waals surface area contributed by atoms with Gasteiger partial charge in [0.2, 0.25) is 10.4 Å². The number of hydrogen-bond donors (Lipinski definition) is 1. The van der Waals surface area contributed by atoms with Gasteiger partial charge in [-0.3, -0.25) is 4.79 Å². The molecule has 0 aromatic carbocycles. The van der Waals surface area contributed by atoms with Gasteiger partial charge in [-0.1, -0.05) is 43.1 Å². The summed E-state index contributed by atoms with van der Waals surface area (Å²) in [7, 11) is 0. The summed E-state index contributed by atoms with van der Waals surface area (Å²) in [6.07, 6.45) is 0.0380. The molecule has 4 aliphatic rings. The van der Waals surface area contributed by atoms with E-state index in [1.165, 1.54) is 19.1 Å². The molecule has 4 aliphatic carbocycles. The van der Waals surface area contributed by atoms with E-state index in [0.29, 0.717) is 0 Å². The topological polar surface area (TPSA) is 89.9 Å². The van der Waals surface area contributed by atoms with Crippen molar-refractivity contribution < 1.29 is 37.7 Å². The van der Waals surface area contributed by atoms with Crippen LogP contribution in [0.4, 0.5) is 8.78 Å². The smallest absolute Gasteiger partial charge is 0.351 e. The molecule has 3 fully saturated rings. The van der Waals surface area contributed by atoms with Crippen molar-refractivity contribution in [3.05, 3.63) is 23.8 Å². The summed E-state index contributed by atoms with van der Waals surface area (Å²) in [6, 6.07) is 0. The van der Waals surface area contributed by atoms with E-state index < -0.39 is 74.7 Å². The third-order valence-corrected chi connectivity index (χ3v) is 9.54. The monoisotopic (exact) mass is 534 g/mol. The fourth-order valence-electron chi connectivity index (χ4n) is 7.66. The van der Waals surface area contributed by atoms with Gasteiger partial charge in [-0.25, -0.2) is 18.4 Å². The number of hydrogen-bond acceptors (Lipinski definition) is 6. The average Bonchev–Trinajstić information content (AvgIpc) is 2.99. The van der Waals surface area contributed by atoms with Crippen molar-refractivity contribution >= 4 is 40.9 Å². The second-order valence-electron chi connectivity index (χ2n) is 10.7. The summed E-state index contributed by atoms with van der Waals surface area (Å²) in [5.41, 5.74) is -7.08. The summed E-state index contributed by atoms with van der Waals surface area (Å²) >= 11 is 11.5. The molecule has 0 bridgehead atoms. The number of allylic oxidation sites excluding steroid dienone is 4. The van der Waals surface area contributed by atoms with Crippen molar-refractivity contribution in [3.63, 3.8) is 0 Å². The Kier molecular flexibility index (Phi) is 6.46. The van der Waals surface area contributed by atoms with Crippen LogP contribution in [-0.4, -0.2) is 57.8 Å². The van der Waals surface area contributed by atoms with Crippen LogP contribution in [0.25, 0.3) is 0 Å². The molecule has 10 heteroatoms. The SMILES string of the molecule is CCOC(=O)[C@@]1(OC(=O)C(Cl)Cl)[C@H](C)C[C@H]2[C@@H]3C[C@H](F)C4=CC(=O)C=C[C@]4(C)[C@@]3(F)[C@@H](O)C[C@@]21C. The number of esters is 2. The molecule has 0 aromatic rings. The third-order valence-electron chi connectivity index (χ3n) is 9.19. The standard InChI is InChI=1S/C25H30Cl2F2O6/c1-5-34-21(33)25(35-20(32)19(26)27)12(2)8-14-15-10-17(28)16-9-13(30)6-7-22(16,3)24(15,29)18(31)11-23(14,25)4/h6-7,9,12,14-15,17-19,31H,5,8,10-11H2,1-4H3/t12-,14+,15+,17+,18+,22+,23+,24+,25+/m1/s1. The summed E-state index contributed by atoms with van der Waals surface area (Å²) in [6.45, 7) is 6.41. The first kappa shape index (κ1) is 26.6. The van der Waals surface area contributed by atoms with Gasteiger partial charge in [0.05, 0.1) is 12.7 Å². The van der Waals surface area contributed by atoms with E-state index in [4.69, 9.17) is 32.7 Å². The Hall–Kier alpha value is -1.51. The highest BCUT2D eigenvalue weighted by Gasteiger charge is 2.78. The van der Waals surface area contributed by atoms with E-state index in [-0.39, 0.29) is 31.4 Å². The summed E-state index contributed by atoms with van der Waals surface area (Å²) in [5, 5.41) is 11.4. The zero-order valence-corrected chi connectivity index (χ0v) is 21.5. The average molecular weight is 535 g/mol. The Labute approximate surface area is 213 Å². The molecule has 194 valence electrons. The van der Waals surface area contributed by atoms with Crippen molar-refractivity contribution in [2.75, 3.05) is 6.61 Å². The minimum Gasteiger partial charge on any atom is -0.463 e. The molecule has 0 amide bonds. The first-order chi connectivity index (χ1) is 16.2. The Morgan fingerprint density at radius 2 is 1.91 bits per heavy atom. The maximum Gasteiger partial charge on any atom is 0.351 e. The first-order valence-electron chi connectivity index (χ1n) is 11.8. The van der Waals surface area contributed by atoms with Crippen LogP contribution in [0.5, 0.6) is 0 Å². The normalized spacial score (nSPS) is 46.4. The molecule has 0 radical (unpaired) electrons. The van der Waals surface area contributed by atoms with Gasteiger partial charge in [-0.2, -0.15) is 0 Å². The van der Waals surface area contributed by atoms with Gasteiger partial charge in [-0.15, -0.1) is 0 Å². The molecule has 3 saturated carbocycles. The zero-order valence-electron chi connectivity index (χ0n) is 20.0. The Morgan fingerprint density at radius 1 is 1.26 bits per heavy atom. The van der Waals surface area contributed by atoms with E-state index in [9.17, 15) is 19.5 Å². The van der Waals surface area contributed by atoms with Gasteiger partial charge in [-0.05, 0) is 56.8 Å². The van der Waals surface area contributed by atoms with Gasteiger partial charge in [0.15, 0.2) is 11.5 Å². The highest BCUT2D eigenvalue weighted by atomic mass is 35.5. The fraction of sp³-hybridized carbons (Fsp3) is 0.720. The number of alkyl halides is 4. The summed E-state index contributed by atoms with van der Waals surface area (Å²) in [4.78, 5) is 36.4. The van der Waals surface area contributed by atoms with Crippen LogP contribution in [0.2, 0.25) is 0 Å². The Balaban J connectivity index is 1.87. The number of ketones is 1. The molecular formula is C25H30Cl2F2O6. The van der Waals surface area contributed by atoms with E-state index in [1.54, 1.807) is 20.8 Å². The van der Waals surface area contributed by atoms with E-state index in [1.807, 2.05) is 0 Å². The van der Waals surface area contributed by atoms with Crippen LogP contribution in [0.3, 0.4) is 0 Å². The number of carbonyl (C=O) groups is 3. The molecule has 0 aliphatic heterocycles. The molecule has 0 spiro atoms. The first-order valence-corrected chi connectivity index (χ1v) is 12.7.